The molecule has 0 spiro atoms. The van der Waals surface area contributed by atoms with Crippen LogP contribution >= 0.6 is 12.2 Å². The molecule has 1 N–H and O–H groups in total. The second-order valence-electron chi connectivity index (χ2n) is 5.63. The van der Waals surface area contributed by atoms with E-state index in [4.69, 9.17) is 16.6 Å². The Morgan fingerprint density at radius 1 is 1.12 bits per heavy atom. The van der Waals surface area contributed by atoms with Crippen molar-refractivity contribution in [3.63, 3.8) is 0 Å². The van der Waals surface area contributed by atoms with Gasteiger partial charge in [0.15, 0.2) is 5.11 Å². The first-order valence-electron chi connectivity index (χ1n) is 7.73. The predicted molar refractivity (Wildman–Crippen MR) is 93.9 cm³/mol. The molecule has 0 unspecified atom stereocenters. The first-order valence-corrected chi connectivity index (χ1v) is 8.14. The monoisotopic (exact) mass is 336 g/mol. The van der Waals surface area contributed by atoms with Crippen LogP contribution in [0.15, 0.2) is 71.7 Å². The summed E-state index contributed by atoms with van der Waals surface area (Å²) in [5.41, 5.74) is 2.04. The van der Waals surface area contributed by atoms with Crippen LogP contribution in [-0.4, -0.2) is 20.0 Å². The SMILES string of the molecule is S=C1N[C@H](c2ccccn2)[C@@H](c2ccco2)N1Cc1cccnc1. The topological polar surface area (TPSA) is 54.2 Å². The van der Waals surface area contributed by atoms with Crippen molar-refractivity contribution >= 4 is 17.3 Å². The van der Waals surface area contributed by atoms with Gasteiger partial charge in [0, 0.05) is 25.1 Å². The van der Waals surface area contributed by atoms with Crippen molar-refractivity contribution in [3.8, 4) is 0 Å². The molecule has 3 aromatic rings. The largest absolute Gasteiger partial charge is 0.467 e. The van der Waals surface area contributed by atoms with Gasteiger partial charge in [0.2, 0.25) is 0 Å². The van der Waals surface area contributed by atoms with Gasteiger partial charge in [-0.1, -0.05) is 12.1 Å². The number of nitrogens with one attached hydrogen (secondary N) is 1. The molecular formula is C18H16N4OS. The third kappa shape index (κ3) is 2.76. The maximum atomic E-state index is 5.70. The van der Waals surface area contributed by atoms with Crippen molar-refractivity contribution in [3.05, 3.63) is 84.3 Å². The minimum absolute atomic E-state index is 0.0531. The molecule has 2 atom stereocenters. The number of nitrogens with zero attached hydrogens (tertiary/aromatic N) is 3. The molecule has 24 heavy (non-hydrogen) atoms. The third-order valence-electron chi connectivity index (χ3n) is 4.11. The van der Waals surface area contributed by atoms with Crippen molar-refractivity contribution in [1.82, 2.24) is 20.2 Å². The Morgan fingerprint density at radius 2 is 2.08 bits per heavy atom. The minimum Gasteiger partial charge on any atom is -0.467 e. The van der Waals surface area contributed by atoms with E-state index in [0.29, 0.717) is 11.7 Å². The summed E-state index contributed by atoms with van der Waals surface area (Å²) in [5, 5.41) is 4.08. The Bertz CT molecular complexity index is 808. The summed E-state index contributed by atoms with van der Waals surface area (Å²) in [5.74, 6) is 0.863. The molecule has 1 fully saturated rings. The van der Waals surface area contributed by atoms with Gasteiger partial charge in [-0.2, -0.15) is 0 Å². The molecule has 1 aliphatic rings. The van der Waals surface area contributed by atoms with E-state index < -0.39 is 0 Å². The Balaban J connectivity index is 1.71. The quantitative estimate of drug-likeness (QED) is 0.738. The van der Waals surface area contributed by atoms with Crippen molar-refractivity contribution < 1.29 is 4.42 Å². The van der Waals surface area contributed by atoms with Crippen molar-refractivity contribution in [2.24, 2.45) is 0 Å². The highest BCUT2D eigenvalue weighted by Crippen LogP contribution is 2.39. The number of furan rings is 1. The van der Waals surface area contributed by atoms with Gasteiger partial charge < -0.3 is 14.6 Å². The summed E-state index contributed by atoms with van der Waals surface area (Å²) in [6, 6.07) is 13.6. The fourth-order valence-corrected chi connectivity index (χ4v) is 3.34. The van der Waals surface area contributed by atoms with Gasteiger partial charge in [-0.15, -0.1) is 0 Å². The number of thiocarbonyl (C=S) groups is 1. The Labute approximate surface area is 145 Å². The summed E-state index contributed by atoms with van der Waals surface area (Å²) in [7, 11) is 0. The van der Waals surface area contributed by atoms with E-state index in [9.17, 15) is 0 Å². The van der Waals surface area contributed by atoms with E-state index in [1.807, 2.05) is 48.7 Å². The molecule has 0 saturated carbocycles. The minimum atomic E-state index is -0.0541. The van der Waals surface area contributed by atoms with Gasteiger partial charge >= 0.3 is 0 Å². The zero-order valence-corrected chi connectivity index (χ0v) is 13.7. The van der Waals surface area contributed by atoms with E-state index in [2.05, 4.69) is 20.2 Å². The van der Waals surface area contributed by atoms with Gasteiger partial charge in [-0.05, 0) is 48.1 Å². The van der Waals surface area contributed by atoms with Gasteiger partial charge in [-0.3, -0.25) is 9.97 Å². The highest BCUT2D eigenvalue weighted by Gasteiger charge is 2.41. The van der Waals surface area contributed by atoms with E-state index in [1.54, 1.807) is 18.7 Å². The zero-order valence-electron chi connectivity index (χ0n) is 12.9. The summed E-state index contributed by atoms with van der Waals surface area (Å²) in [6.07, 6.45) is 7.11. The molecule has 120 valence electrons. The number of rotatable bonds is 4. The molecule has 0 amide bonds. The lowest BCUT2D eigenvalue weighted by Gasteiger charge is -2.25. The molecule has 6 heteroatoms. The summed E-state index contributed by atoms with van der Waals surface area (Å²) < 4.78 is 5.70. The Kier molecular flexibility index (Phi) is 3.96. The molecule has 0 aliphatic carbocycles. The molecular weight excluding hydrogens is 320 g/mol. The number of aromatic nitrogens is 2. The molecule has 0 radical (unpaired) electrons. The molecule has 1 aliphatic heterocycles. The average molecular weight is 336 g/mol. The van der Waals surface area contributed by atoms with Crippen LogP contribution in [0.5, 0.6) is 0 Å². The van der Waals surface area contributed by atoms with Crippen LogP contribution in [0.2, 0.25) is 0 Å². The number of hydrogen-bond donors (Lipinski definition) is 1. The average Bonchev–Trinajstić information content (AvgIpc) is 3.25. The lowest BCUT2D eigenvalue weighted by Crippen LogP contribution is -2.29. The van der Waals surface area contributed by atoms with Crippen molar-refractivity contribution in [2.75, 3.05) is 0 Å². The van der Waals surface area contributed by atoms with E-state index in [0.717, 1.165) is 17.0 Å². The summed E-state index contributed by atoms with van der Waals surface area (Å²) in [4.78, 5) is 10.8. The fourth-order valence-electron chi connectivity index (χ4n) is 3.03. The van der Waals surface area contributed by atoms with Gasteiger partial charge in [0.1, 0.15) is 11.8 Å². The summed E-state index contributed by atoms with van der Waals surface area (Å²) in [6.45, 7) is 0.661. The van der Waals surface area contributed by atoms with E-state index in [1.165, 1.54) is 0 Å². The molecule has 3 aromatic heterocycles. The lowest BCUT2D eigenvalue weighted by atomic mass is 10.0. The second kappa shape index (κ2) is 6.41. The highest BCUT2D eigenvalue weighted by molar-refractivity contribution is 7.80. The standard InChI is InChI=1S/C18H16N4OS/c24-18-21-16(14-6-1-2-9-20-14)17(15-7-4-10-23-15)22(18)12-13-5-3-8-19-11-13/h1-11,16-17H,12H2,(H,21,24)/t16-,17-/m1/s1. The van der Waals surface area contributed by atoms with Crippen LogP contribution in [0.25, 0.3) is 0 Å². The van der Waals surface area contributed by atoms with Crippen LogP contribution in [-0.2, 0) is 6.54 Å². The highest BCUT2D eigenvalue weighted by atomic mass is 32.1. The lowest BCUT2D eigenvalue weighted by molar-refractivity contribution is 0.267. The Morgan fingerprint density at radius 3 is 2.79 bits per heavy atom. The van der Waals surface area contributed by atoms with E-state index >= 15 is 0 Å². The van der Waals surface area contributed by atoms with Crippen molar-refractivity contribution in [1.29, 1.82) is 0 Å². The van der Waals surface area contributed by atoms with Crippen molar-refractivity contribution in [2.45, 2.75) is 18.6 Å². The van der Waals surface area contributed by atoms with Gasteiger partial charge in [-0.25, -0.2) is 0 Å². The molecule has 5 nitrogen and oxygen atoms in total. The van der Waals surface area contributed by atoms with Gasteiger partial charge in [0.25, 0.3) is 0 Å². The normalized spacial score (nSPS) is 20.2. The summed E-state index contributed by atoms with van der Waals surface area (Å²) >= 11 is 5.59. The molecule has 4 rings (SSSR count). The van der Waals surface area contributed by atoms with Crippen LogP contribution < -0.4 is 5.32 Å². The van der Waals surface area contributed by atoms with Crippen LogP contribution in [0.4, 0.5) is 0 Å². The van der Waals surface area contributed by atoms with Crippen LogP contribution in [0.3, 0.4) is 0 Å². The first-order chi connectivity index (χ1) is 11.8. The third-order valence-corrected chi connectivity index (χ3v) is 4.46. The molecule has 4 heterocycles. The van der Waals surface area contributed by atoms with Crippen LogP contribution in [0, 0.1) is 0 Å². The smallest absolute Gasteiger partial charge is 0.170 e. The van der Waals surface area contributed by atoms with Gasteiger partial charge in [0.05, 0.1) is 18.0 Å². The molecule has 0 bridgehead atoms. The predicted octanol–water partition coefficient (Wildman–Crippen LogP) is 3.24. The number of pyridine rings is 2. The Hall–Kier alpha value is -2.73. The second-order valence-corrected chi connectivity index (χ2v) is 6.02. The van der Waals surface area contributed by atoms with Crippen LogP contribution in [0.1, 0.15) is 29.1 Å². The fraction of sp³-hybridized carbons (Fsp3) is 0.167. The number of hydrogen-bond acceptors (Lipinski definition) is 4. The maximum Gasteiger partial charge on any atom is 0.170 e. The van der Waals surface area contributed by atoms with E-state index in [-0.39, 0.29) is 12.1 Å². The first kappa shape index (κ1) is 14.8. The molecule has 0 aromatic carbocycles. The zero-order chi connectivity index (χ0) is 16.4. The molecule has 1 saturated heterocycles. The maximum absolute atomic E-state index is 5.70.